The SMILES string of the molecule is COCCNCC1CCCCN1c1cc(SC)ncn1. The van der Waals surface area contributed by atoms with Crippen LogP contribution in [0.1, 0.15) is 19.3 Å². The first-order chi connectivity index (χ1) is 9.85. The van der Waals surface area contributed by atoms with Crippen LogP contribution in [0.15, 0.2) is 17.4 Å². The van der Waals surface area contributed by atoms with Gasteiger partial charge in [-0.2, -0.15) is 0 Å². The third-order valence-corrected chi connectivity index (χ3v) is 4.26. The second-order valence-corrected chi connectivity index (χ2v) is 5.79. The highest BCUT2D eigenvalue weighted by Gasteiger charge is 2.23. The highest BCUT2D eigenvalue weighted by Crippen LogP contribution is 2.24. The van der Waals surface area contributed by atoms with Crippen LogP contribution in [0.3, 0.4) is 0 Å². The van der Waals surface area contributed by atoms with Gasteiger partial charge in [-0.3, -0.25) is 0 Å². The zero-order chi connectivity index (χ0) is 14.2. The number of anilines is 1. The second-order valence-electron chi connectivity index (χ2n) is 4.96. The van der Waals surface area contributed by atoms with E-state index >= 15 is 0 Å². The van der Waals surface area contributed by atoms with Crippen molar-refractivity contribution in [3.8, 4) is 0 Å². The molecule has 20 heavy (non-hydrogen) atoms. The molecule has 1 atom stereocenters. The summed E-state index contributed by atoms with van der Waals surface area (Å²) in [5.74, 6) is 1.06. The van der Waals surface area contributed by atoms with Gasteiger partial charge in [-0.15, -0.1) is 11.8 Å². The predicted octanol–water partition coefficient (Wildman–Crippen LogP) is 1.79. The summed E-state index contributed by atoms with van der Waals surface area (Å²) < 4.78 is 5.07. The van der Waals surface area contributed by atoms with Gasteiger partial charge in [-0.25, -0.2) is 9.97 Å². The highest BCUT2D eigenvalue weighted by molar-refractivity contribution is 7.98. The first-order valence-corrected chi connectivity index (χ1v) is 8.40. The quantitative estimate of drug-likeness (QED) is 0.470. The third kappa shape index (κ3) is 4.33. The molecule has 1 aromatic heterocycles. The molecule has 1 aliphatic rings. The molecule has 1 saturated heterocycles. The van der Waals surface area contributed by atoms with Crippen molar-refractivity contribution in [2.75, 3.05) is 44.5 Å². The minimum absolute atomic E-state index is 0.519. The molecule has 1 aliphatic heterocycles. The Balaban J connectivity index is 1.98. The number of thioether (sulfide) groups is 1. The third-order valence-electron chi connectivity index (χ3n) is 3.62. The molecule has 0 bridgehead atoms. The summed E-state index contributed by atoms with van der Waals surface area (Å²) >= 11 is 1.66. The van der Waals surface area contributed by atoms with Crippen molar-refractivity contribution >= 4 is 17.6 Å². The molecule has 0 aromatic carbocycles. The lowest BCUT2D eigenvalue weighted by Gasteiger charge is -2.37. The molecule has 1 fully saturated rings. The maximum absolute atomic E-state index is 5.07. The summed E-state index contributed by atoms with van der Waals surface area (Å²) in [6.07, 6.45) is 7.48. The lowest BCUT2D eigenvalue weighted by Crippen LogP contribution is -2.46. The summed E-state index contributed by atoms with van der Waals surface area (Å²) in [7, 11) is 1.74. The average Bonchev–Trinajstić information content (AvgIpc) is 2.52. The van der Waals surface area contributed by atoms with Gasteiger partial charge in [-0.05, 0) is 25.5 Å². The van der Waals surface area contributed by atoms with Gasteiger partial charge in [0.1, 0.15) is 17.2 Å². The second kappa shape index (κ2) is 8.44. The van der Waals surface area contributed by atoms with Gasteiger partial charge < -0.3 is 15.0 Å². The van der Waals surface area contributed by atoms with Crippen LogP contribution in [0.25, 0.3) is 0 Å². The Morgan fingerprint density at radius 2 is 2.35 bits per heavy atom. The van der Waals surface area contributed by atoms with Crippen molar-refractivity contribution < 1.29 is 4.74 Å². The number of nitrogens with zero attached hydrogens (tertiary/aromatic N) is 3. The topological polar surface area (TPSA) is 50.3 Å². The maximum atomic E-state index is 5.07. The number of methoxy groups -OCH3 is 1. The summed E-state index contributed by atoms with van der Waals surface area (Å²) in [4.78, 5) is 11.1. The zero-order valence-corrected chi connectivity index (χ0v) is 13.2. The van der Waals surface area contributed by atoms with Crippen LogP contribution in [0, 0.1) is 0 Å². The number of nitrogens with one attached hydrogen (secondary N) is 1. The van der Waals surface area contributed by atoms with Gasteiger partial charge in [0.05, 0.1) is 6.61 Å². The standard InChI is InChI=1S/C14H24N4OS/c1-19-8-6-15-10-12-5-3-4-7-18(12)13-9-14(20-2)17-11-16-13/h9,11-12,15H,3-8,10H2,1-2H3. The Morgan fingerprint density at radius 3 is 3.15 bits per heavy atom. The number of aromatic nitrogens is 2. The molecular weight excluding hydrogens is 272 g/mol. The summed E-state index contributed by atoms with van der Waals surface area (Å²) in [5.41, 5.74) is 0. The first kappa shape index (κ1) is 15.5. The van der Waals surface area contributed by atoms with Crippen molar-refractivity contribution in [1.29, 1.82) is 0 Å². The van der Waals surface area contributed by atoms with Crippen LogP contribution in [-0.2, 0) is 4.74 Å². The van der Waals surface area contributed by atoms with E-state index < -0.39 is 0 Å². The van der Waals surface area contributed by atoms with E-state index in [4.69, 9.17) is 4.74 Å². The Hall–Kier alpha value is -0.850. The summed E-state index contributed by atoms with van der Waals surface area (Å²) in [6.45, 7) is 3.74. The highest BCUT2D eigenvalue weighted by atomic mass is 32.2. The molecule has 0 aliphatic carbocycles. The van der Waals surface area contributed by atoms with Gasteiger partial charge in [0, 0.05) is 38.9 Å². The largest absolute Gasteiger partial charge is 0.383 e. The van der Waals surface area contributed by atoms with Crippen molar-refractivity contribution in [2.45, 2.75) is 30.3 Å². The fourth-order valence-electron chi connectivity index (χ4n) is 2.56. The van der Waals surface area contributed by atoms with E-state index in [0.717, 1.165) is 37.1 Å². The molecule has 1 aromatic rings. The molecule has 2 heterocycles. The van der Waals surface area contributed by atoms with E-state index in [1.807, 2.05) is 6.26 Å². The lowest BCUT2D eigenvalue weighted by molar-refractivity contribution is 0.198. The maximum Gasteiger partial charge on any atom is 0.133 e. The fraction of sp³-hybridized carbons (Fsp3) is 0.714. The van der Waals surface area contributed by atoms with E-state index in [0.29, 0.717) is 6.04 Å². The molecule has 1 unspecified atom stereocenters. The number of rotatable bonds is 7. The minimum Gasteiger partial charge on any atom is -0.383 e. The molecule has 0 amide bonds. The Kier molecular flexibility index (Phi) is 6.56. The summed E-state index contributed by atoms with van der Waals surface area (Å²) in [5, 5.41) is 4.50. The van der Waals surface area contributed by atoms with E-state index in [1.54, 1.807) is 25.2 Å². The zero-order valence-electron chi connectivity index (χ0n) is 12.3. The molecule has 1 N–H and O–H groups in total. The van der Waals surface area contributed by atoms with Gasteiger partial charge in [0.25, 0.3) is 0 Å². The normalized spacial score (nSPS) is 19.3. The van der Waals surface area contributed by atoms with Crippen LogP contribution in [0.5, 0.6) is 0 Å². The Labute approximate surface area is 125 Å². The van der Waals surface area contributed by atoms with Crippen molar-refractivity contribution in [3.05, 3.63) is 12.4 Å². The molecule has 5 nitrogen and oxygen atoms in total. The van der Waals surface area contributed by atoms with Crippen molar-refractivity contribution in [3.63, 3.8) is 0 Å². The van der Waals surface area contributed by atoms with Gasteiger partial charge in [0.2, 0.25) is 0 Å². The molecule has 6 heteroatoms. The van der Waals surface area contributed by atoms with Crippen LogP contribution in [0.2, 0.25) is 0 Å². The molecule has 0 spiro atoms. The lowest BCUT2D eigenvalue weighted by atomic mass is 10.0. The molecule has 112 valence electrons. The van der Waals surface area contributed by atoms with E-state index in [2.05, 4.69) is 26.3 Å². The van der Waals surface area contributed by atoms with Gasteiger partial charge >= 0.3 is 0 Å². The van der Waals surface area contributed by atoms with Gasteiger partial charge in [0.15, 0.2) is 0 Å². The molecular formula is C14H24N4OS. The Morgan fingerprint density at radius 1 is 1.45 bits per heavy atom. The van der Waals surface area contributed by atoms with Gasteiger partial charge in [-0.1, -0.05) is 0 Å². The van der Waals surface area contributed by atoms with E-state index in [9.17, 15) is 0 Å². The van der Waals surface area contributed by atoms with Crippen molar-refractivity contribution in [1.82, 2.24) is 15.3 Å². The van der Waals surface area contributed by atoms with E-state index in [1.165, 1.54) is 19.3 Å². The smallest absolute Gasteiger partial charge is 0.133 e. The molecule has 0 saturated carbocycles. The van der Waals surface area contributed by atoms with E-state index in [-0.39, 0.29) is 0 Å². The minimum atomic E-state index is 0.519. The molecule has 0 radical (unpaired) electrons. The van der Waals surface area contributed by atoms with Crippen LogP contribution < -0.4 is 10.2 Å². The van der Waals surface area contributed by atoms with Crippen molar-refractivity contribution in [2.24, 2.45) is 0 Å². The fourth-order valence-corrected chi connectivity index (χ4v) is 2.93. The number of ether oxygens (including phenoxy) is 1. The van der Waals surface area contributed by atoms with Crippen LogP contribution in [0.4, 0.5) is 5.82 Å². The predicted molar refractivity (Wildman–Crippen MR) is 83.5 cm³/mol. The monoisotopic (exact) mass is 296 g/mol. The molecule has 2 rings (SSSR count). The summed E-state index contributed by atoms with van der Waals surface area (Å²) in [6, 6.07) is 2.61. The van der Waals surface area contributed by atoms with Crippen LogP contribution >= 0.6 is 11.8 Å². The Bertz CT molecular complexity index is 405. The number of hydrogen-bond donors (Lipinski definition) is 1. The number of hydrogen-bond acceptors (Lipinski definition) is 6. The first-order valence-electron chi connectivity index (χ1n) is 7.17. The number of piperidine rings is 1. The average molecular weight is 296 g/mol. The van der Waals surface area contributed by atoms with Crippen LogP contribution in [-0.4, -0.2) is 55.6 Å².